The normalized spacial score (nSPS) is 16.0. The monoisotopic (exact) mass is 274 g/mol. The highest BCUT2D eigenvalue weighted by Gasteiger charge is 2.13. The van der Waals surface area contributed by atoms with E-state index in [4.69, 9.17) is 21.1 Å². The second-order valence-corrected chi connectivity index (χ2v) is 5.20. The molecule has 0 saturated carbocycles. The Morgan fingerprint density at radius 3 is 2.44 bits per heavy atom. The highest BCUT2D eigenvalue weighted by atomic mass is 35.5. The predicted molar refractivity (Wildman–Crippen MR) is 62.1 cm³/mol. The molecule has 0 aromatic heterocycles. The molecule has 0 aliphatic rings. The molecule has 0 radical (unpaired) electrons. The van der Waals surface area contributed by atoms with Gasteiger partial charge in [-0.2, -0.15) is 8.42 Å². The second kappa shape index (κ2) is 8.25. The van der Waals surface area contributed by atoms with Gasteiger partial charge in [0.25, 0.3) is 10.1 Å². The van der Waals surface area contributed by atoms with Crippen LogP contribution in [0.5, 0.6) is 0 Å². The summed E-state index contributed by atoms with van der Waals surface area (Å²) >= 11 is 5.68. The van der Waals surface area contributed by atoms with Gasteiger partial charge in [0.1, 0.15) is 0 Å². The molecule has 0 N–H and O–H groups in total. The Morgan fingerprint density at radius 2 is 2.00 bits per heavy atom. The molecule has 0 spiro atoms. The standard InChI is InChI=1S/C9H19ClO5S/c1-4-13-8(2)15-9(7-10)5-6-14-16(3,11)12/h8-9H,4-7H2,1-3H3/t8?,9-/m0/s1. The number of alkyl halides is 1. The van der Waals surface area contributed by atoms with Crippen LogP contribution in [-0.2, 0) is 23.8 Å². The first-order valence-electron chi connectivity index (χ1n) is 5.06. The van der Waals surface area contributed by atoms with Crippen molar-refractivity contribution in [2.75, 3.05) is 25.3 Å². The highest BCUT2D eigenvalue weighted by Crippen LogP contribution is 2.07. The van der Waals surface area contributed by atoms with E-state index in [0.717, 1.165) is 6.26 Å². The third-order valence-corrected chi connectivity index (χ3v) is 2.63. The Morgan fingerprint density at radius 1 is 1.38 bits per heavy atom. The van der Waals surface area contributed by atoms with E-state index in [1.807, 2.05) is 6.92 Å². The Balaban J connectivity index is 3.83. The summed E-state index contributed by atoms with van der Waals surface area (Å²) in [5.41, 5.74) is 0. The van der Waals surface area contributed by atoms with Crippen molar-refractivity contribution in [1.82, 2.24) is 0 Å². The van der Waals surface area contributed by atoms with E-state index in [0.29, 0.717) is 13.0 Å². The largest absolute Gasteiger partial charge is 0.353 e. The van der Waals surface area contributed by atoms with E-state index < -0.39 is 10.1 Å². The third kappa shape index (κ3) is 9.35. The van der Waals surface area contributed by atoms with Gasteiger partial charge >= 0.3 is 0 Å². The number of hydrogen-bond donors (Lipinski definition) is 0. The van der Waals surface area contributed by atoms with Gasteiger partial charge in [0.2, 0.25) is 0 Å². The van der Waals surface area contributed by atoms with Gasteiger partial charge in [-0.15, -0.1) is 11.6 Å². The van der Waals surface area contributed by atoms with E-state index in [1.54, 1.807) is 6.92 Å². The van der Waals surface area contributed by atoms with Crippen LogP contribution >= 0.6 is 11.6 Å². The molecule has 16 heavy (non-hydrogen) atoms. The van der Waals surface area contributed by atoms with Gasteiger partial charge in [-0.25, -0.2) is 0 Å². The second-order valence-electron chi connectivity index (χ2n) is 3.25. The maximum absolute atomic E-state index is 10.7. The number of hydrogen-bond acceptors (Lipinski definition) is 5. The molecule has 5 nitrogen and oxygen atoms in total. The van der Waals surface area contributed by atoms with Gasteiger partial charge in [-0.3, -0.25) is 4.18 Å². The molecule has 7 heteroatoms. The maximum atomic E-state index is 10.7. The summed E-state index contributed by atoms with van der Waals surface area (Å²) < 4.78 is 36.6. The Hall–Kier alpha value is 0.120. The fourth-order valence-corrected chi connectivity index (χ4v) is 1.68. The topological polar surface area (TPSA) is 61.8 Å². The number of ether oxygens (including phenoxy) is 2. The minimum atomic E-state index is -3.40. The SMILES string of the molecule is CCOC(C)O[C@H](CCl)CCOS(C)(=O)=O. The summed E-state index contributed by atoms with van der Waals surface area (Å²) in [7, 11) is -3.40. The highest BCUT2D eigenvalue weighted by molar-refractivity contribution is 7.85. The molecule has 0 aromatic rings. The van der Waals surface area contributed by atoms with Gasteiger partial charge < -0.3 is 9.47 Å². The molecule has 0 aliphatic heterocycles. The Bertz CT molecular complexity index is 267. The summed E-state index contributed by atoms with van der Waals surface area (Å²) in [4.78, 5) is 0. The molecule has 0 heterocycles. The quantitative estimate of drug-likeness (QED) is 0.361. The fourth-order valence-electron chi connectivity index (χ4n) is 1.06. The van der Waals surface area contributed by atoms with Gasteiger partial charge in [-0.1, -0.05) is 0 Å². The van der Waals surface area contributed by atoms with Crippen molar-refractivity contribution in [3.05, 3.63) is 0 Å². The molecule has 0 fully saturated rings. The van der Waals surface area contributed by atoms with Crippen LogP contribution in [0.1, 0.15) is 20.3 Å². The number of halogens is 1. The average Bonchev–Trinajstić information content (AvgIpc) is 2.14. The molecule has 0 bridgehead atoms. The molecular weight excluding hydrogens is 256 g/mol. The summed E-state index contributed by atoms with van der Waals surface area (Å²) in [6.45, 7) is 4.24. The van der Waals surface area contributed by atoms with Crippen LogP contribution in [0.3, 0.4) is 0 Å². The van der Waals surface area contributed by atoms with E-state index in [-0.39, 0.29) is 24.9 Å². The first-order chi connectivity index (χ1) is 7.39. The maximum Gasteiger partial charge on any atom is 0.264 e. The zero-order valence-corrected chi connectivity index (χ0v) is 11.4. The van der Waals surface area contributed by atoms with Crippen LogP contribution in [0, 0.1) is 0 Å². The first-order valence-corrected chi connectivity index (χ1v) is 7.41. The van der Waals surface area contributed by atoms with Crippen molar-refractivity contribution in [1.29, 1.82) is 0 Å². The molecule has 0 aliphatic carbocycles. The summed E-state index contributed by atoms with van der Waals surface area (Å²) in [6.07, 6.45) is 0.789. The third-order valence-electron chi connectivity index (χ3n) is 1.69. The van der Waals surface area contributed by atoms with Gasteiger partial charge in [0.05, 0.1) is 19.0 Å². The van der Waals surface area contributed by atoms with Crippen molar-refractivity contribution in [3.63, 3.8) is 0 Å². The van der Waals surface area contributed by atoms with E-state index in [1.165, 1.54) is 0 Å². The van der Waals surface area contributed by atoms with Gasteiger partial charge in [0.15, 0.2) is 6.29 Å². The van der Waals surface area contributed by atoms with Crippen molar-refractivity contribution in [3.8, 4) is 0 Å². The molecule has 0 amide bonds. The molecule has 2 atom stereocenters. The van der Waals surface area contributed by atoms with Crippen molar-refractivity contribution in [2.45, 2.75) is 32.7 Å². The molecule has 0 rings (SSSR count). The van der Waals surface area contributed by atoms with Gasteiger partial charge in [0, 0.05) is 12.5 Å². The minimum Gasteiger partial charge on any atom is -0.353 e. The summed E-state index contributed by atoms with van der Waals surface area (Å²) in [5.74, 6) is 0.268. The lowest BCUT2D eigenvalue weighted by Gasteiger charge is -2.20. The lowest BCUT2D eigenvalue weighted by Crippen LogP contribution is -2.25. The van der Waals surface area contributed by atoms with Crippen molar-refractivity contribution < 1.29 is 22.1 Å². The summed E-state index contributed by atoms with van der Waals surface area (Å²) in [6, 6.07) is 0. The summed E-state index contributed by atoms with van der Waals surface area (Å²) in [5, 5.41) is 0. The van der Waals surface area contributed by atoms with Crippen LogP contribution < -0.4 is 0 Å². The molecule has 0 saturated heterocycles. The van der Waals surface area contributed by atoms with Crippen molar-refractivity contribution >= 4 is 21.7 Å². The van der Waals surface area contributed by atoms with Crippen LogP contribution in [0.25, 0.3) is 0 Å². The Kier molecular flexibility index (Phi) is 8.31. The van der Waals surface area contributed by atoms with Crippen LogP contribution in [0.15, 0.2) is 0 Å². The zero-order valence-electron chi connectivity index (χ0n) is 9.81. The first kappa shape index (κ1) is 16.1. The fraction of sp³-hybridized carbons (Fsp3) is 1.00. The van der Waals surface area contributed by atoms with E-state index in [9.17, 15) is 8.42 Å². The number of rotatable bonds is 9. The van der Waals surface area contributed by atoms with Crippen molar-refractivity contribution in [2.24, 2.45) is 0 Å². The van der Waals surface area contributed by atoms with E-state index >= 15 is 0 Å². The molecular formula is C9H19ClO5S. The van der Waals surface area contributed by atoms with Crippen LogP contribution in [0.4, 0.5) is 0 Å². The lowest BCUT2D eigenvalue weighted by molar-refractivity contribution is -0.154. The molecule has 0 aromatic carbocycles. The lowest BCUT2D eigenvalue weighted by atomic mass is 10.3. The Labute approximate surface area is 102 Å². The smallest absolute Gasteiger partial charge is 0.264 e. The van der Waals surface area contributed by atoms with Crippen LogP contribution in [-0.4, -0.2) is 46.2 Å². The van der Waals surface area contributed by atoms with Gasteiger partial charge in [-0.05, 0) is 20.3 Å². The molecule has 98 valence electrons. The molecule has 1 unspecified atom stereocenters. The average molecular weight is 275 g/mol. The minimum absolute atomic E-state index is 0.0645. The predicted octanol–water partition coefficient (Wildman–Crippen LogP) is 1.36. The van der Waals surface area contributed by atoms with E-state index in [2.05, 4.69) is 4.18 Å². The van der Waals surface area contributed by atoms with Crippen LogP contribution in [0.2, 0.25) is 0 Å². The zero-order chi connectivity index (χ0) is 12.6.